The van der Waals surface area contributed by atoms with E-state index in [1.165, 1.54) is 12.1 Å². The molecule has 0 aliphatic rings. The van der Waals surface area contributed by atoms with Crippen LogP contribution < -0.4 is 10.2 Å². The lowest BCUT2D eigenvalue weighted by atomic mass is 10.1. The van der Waals surface area contributed by atoms with Crippen molar-refractivity contribution >= 4 is 12.1 Å². The van der Waals surface area contributed by atoms with E-state index < -0.39 is 17.6 Å². The summed E-state index contributed by atoms with van der Waals surface area (Å²) in [5.41, 5.74) is 2.64. The minimum Gasteiger partial charge on any atom is -0.484 e. The van der Waals surface area contributed by atoms with Crippen molar-refractivity contribution in [2.75, 3.05) is 6.61 Å². The van der Waals surface area contributed by atoms with Gasteiger partial charge in [0.2, 0.25) is 0 Å². The molecule has 24 heavy (non-hydrogen) atoms. The van der Waals surface area contributed by atoms with Crippen molar-refractivity contribution in [2.45, 2.75) is 13.1 Å². The smallest absolute Gasteiger partial charge is 0.416 e. The molecule has 4 nitrogen and oxygen atoms in total. The van der Waals surface area contributed by atoms with E-state index in [1.807, 2.05) is 13.0 Å². The van der Waals surface area contributed by atoms with Crippen molar-refractivity contribution in [3.8, 4) is 5.75 Å². The van der Waals surface area contributed by atoms with Gasteiger partial charge in [0, 0.05) is 0 Å². The second kappa shape index (κ2) is 7.63. The van der Waals surface area contributed by atoms with Gasteiger partial charge >= 0.3 is 6.18 Å². The lowest BCUT2D eigenvalue weighted by Crippen LogP contribution is -2.24. The van der Waals surface area contributed by atoms with Crippen LogP contribution in [0.3, 0.4) is 0 Å². The summed E-state index contributed by atoms with van der Waals surface area (Å²) in [6, 6.07) is 11.8. The molecule has 2 aromatic rings. The first kappa shape index (κ1) is 17.5. The number of hydrazone groups is 1. The molecular weight excluding hydrogens is 321 g/mol. The van der Waals surface area contributed by atoms with Gasteiger partial charge in [-0.15, -0.1) is 0 Å². The van der Waals surface area contributed by atoms with Crippen LogP contribution in [-0.4, -0.2) is 18.7 Å². The summed E-state index contributed by atoms with van der Waals surface area (Å²) >= 11 is 0. The number of aryl methyl sites for hydroxylation is 1. The molecule has 0 aromatic heterocycles. The first-order valence-electron chi connectivity index (χ1n) is 7.03. The van der Waals surface area contributed by atoms with Crippen molar-refractivity contribution in [3.63, 3.8) is 0 Å². The van der Waals surface area contributed by atoms with E-state index in [4.69, 9.17) is 4.74 Å². The summed E-state index contributed by atoms with van der Waals surface area (Å²) in [4.78, 5) is 11.6. The number of nitrogens with zero attached hydrogens (tertiary/aromatic N) is 1. The number of nitrogens with one attached hydrogen (secondary N) is 1. The molecule has 0 aliphatic heterocycles. The molecule has 0 spiro atoms. The van der Waals surface area contributed by atoms with Crippen LogP contribution in [0.5, 0.6) is 5.75 Å². The topological polar surface area (TPSA) is 50.7 Å². The van der Waals surface area contributed by atoms with Gasteiger partial charge in [-0.3, -0.25) is 4.79 Å². The van der Waals surface area contributed by atoms with Crippen LogP contribution in [0.15, 0.2) is 53.6 Å². The Bertz CT molecular complexity index is 743. The van der Waals surface area contributed by atoms with E-state index in [1.54, 1.807) is 18.2 Å². The molecule has 2 rings (SSSR count). The maximum absolute atomic E-state index is 12.6. The van der Waals surface area contributed by atoms with Crippen LogP contribution in [0.25, 0.3) is 0 Å². The van der Waals surface area contributed by atoms with Crippen LogP contribution in [0, 0.1) is 6.92 Å². The molecule has 1 amide bonds. The predicted octanol–water partition coefficient (Wildman–Crippen LogP) is 3.54. The minimum absolute atomic E-state index is 0.227. The summed E-state index contributed by atoms with van der Waals surface area (Å²) in [6.45, 7) is 1.65. The molecule has 7 heteroatoms. The highest BCUT2D eigenvalue weighted by atomic mass is 19.4. The second-order valence-electron chi connectivity index (χ2n) is 5.02. The first-order valence-corrected chi connectivity index (χ1v) is 7.03. The molecule has 0 heterocycles. The maximum Gasteiger partial charge on any atom is 0.416 e. The quantitative estimate of drug-likeness (QED) is 0.671. The van der Waals surface area contributed by atoms with Crippen molar-refractivity contribution in [1.29, 1.82) is 0 Å². The van der Waals surface area contributed by atoms with E-state index in [-0.39, 0.29) is 12.2 Å². The summed E-state index contributed by atoms with van der Waals surface area (Å²) < 4.78 is 43.0. The Morgan fingerprint density at radius 3 is 2.67 bits per heavy atom. The average Bonchev–Trinajstić information content (AvgIpc) is 2.52. The zero-order valence-electron chi connectivity index (χ0n) is 12.8. The van der Waals surface area contributed by atoms with Crippen LogP contribution in [0.4, 0.5) is 13.2 Å². The predicted molar refractivity (Wildman–Crippen MR) is 83.9 cm³/mol. The SMILES string of the molecule is Cc1cccc(OCC(=O)N/N=C/c2cccc(C(F)(F)F)c2)c1. The summed E-state index contributed by atoms with van der Waals surface area (Å²) in [5.74, 6) is 0.0340. The number of carbonyl (C=O) groups excluding carboxylic acids is 1. The third-order valence-electron chi connectivity index (χ3n) is 2.98. The van der Waals surface area contributed by atoms with E-state index >= 15 is 0 Å². The van der Waals surface area contributed by atoms with Gasteiger partial charge in [-0.2, -0.15) is 18.3 Å². The molecule has 0 saturated heterocycles. The molecule has 1 N–H and O–H groups in total. The normalized spacial score (nSPS) is 11.5. The molecular formula is C17H15F3N2O2. The third-order valence-corrected chi connectivity index (χ3v) is 2.98. The van der Waals surface area contributed by atoms with Gasteiger partial charge in [0.25, 0.3) is 5.91 Å². The molecule has 0 atom stereocenters. The number of benzene rings is 2. The van der Waals surface area contributed by atoms with Crippen molar-refractivity contribution < 1.29 is 22.7 Å². The molecule has 2 aromatic carbocycles. The Balaban J connectivity index is 1.86. The Kier molecular flexibility index (Phi) is 5.57. The Morgan fingerprint density at radius 1 is 1.21 bits per heavy atom. The molecule has 0 fully saturated rings. The van der Waals surface area contributed by atoms with Crippen molar-refractivity contribution in [3.05, 3.63) is 65.2 Å². The van der Waals surface area contributed by atoms with Gasteiger partial charge in [-0.1, -0.05) is 24.3 Å². The van der Waals surface area contributed by atoms with Gasteiger partial charge in [0.1, 0.15) is 5.75 Å². The van der Waals surface area contributed by atoms with E-state index in [2.05, 4.69) is 10.5 Å². The fraction of sp³-hybridized carbons (Fsp3) is 0.176. The number of hydrogen-bond donors (Lipinski definition) is 1. The zero-order valence-corrected chi connectivity index (χ0v) is 12.8. The number of carbonyl (C=O) groups is 1. The Hall–Kier alpha value is -2.83. The van der Waals surface area contributed by atoms with E-state index in [0.29, 0.717) is 5.75 Å². The molecule has 0 radical (unpaired) electrons. The number of amides is 1. The third kappa shape index (κ3) is 5.42. The van der Waals surface area contributed by atoms with Crippen molar-refractivity contribution in [1.82, 2.24) is 5.43 Å². The number of rotatable bonds is 5. The van der Waals surface area contributed by atoms with Gasteiger partial charge in [0.15, 0.2) is 6.61 Å². The zero-order chi connectivity index (χ0) is 17.6. The van der Waals surface area contributed by atoms with E-state index in [0.717, 1.165) is 23.9 Å². The maximum atomic E-state index is 12.6. The molecule has 126 valence electrons. The van der Waals surface area contributed by atoms with Crippen LogP contribution in [-0.2, 0) is 11.0 Å². The highest BCUT2D eigenvalue weighted by Gasteiger charge is 2.30. The summed E-state index contributed by atoms with van der Waals surface area (Å²) in [5, 5.41) is 3.62. The standard InChI is InChI=1S/C17H15F3N2O2/c1-12-4-2-7-15(8-12)24-11-16(23)22-21-10-13-5-3-6-14(9-13)17(18,19)20/h2-10H,11H2,1H3,(H,22,23)/b21-10+. The summed E-state index contributed by atoms with van der Waals surface area (Å²) in [7, 11) is 0. The number of ether oxygens (including phenoxy) is 1. The number of hydrogen-bond acceptors (Lipinski definition) is 3. The van der Waals surface area contributed by atoms with Crippen LogP contribution >= 0.6 is 0 Å². The first-order chi connectivity index (χ1) is 11.3. The fourth-order valence-corrected chi connectivity index (χ4v) is 1.86. The van der Waals surface area contributed by atoms with Crippen LogP contribution in [0.2, 0.25) is 0 Å². The highest BCUT2D eigenvalue weighted by Crippen LogP contribution is 2.29. The highest BCUT2D eigenvalue weighted by molar-refractivity contribution is 5.83. The molecule has 0 unspecified atom stereocenters. The summed E-state index contributed by atoms with van der Waals surface area (Å²) in [6.07, 6.45) is -3.28. The molecule has 0 aliphatic carbocycles. The fourth-order valence-electron chi connectivity index (χ4n) is 1.86. The van der Waals surface area contributed by atoms with Gasteiger partial charge in [-0.25, -0.2) is 5.43 Å². The second-order valence-corrected chi connectivity index (χ2v) is 5.02. The van der Waals surface area contributed by atoms with Crippen LogP contribution in [0.1, 0.15) is 16.7 Å². The average molecular weight is 336 g/mol. The molecule has 0 bridgehead atoms. The number of halogens is 3. The number of alkyl halides is 3. The monoisotopic (exact) mass is 336 g/mol. The minimum atomic E-state index is -4.42. The van der Waals surface area contributed by atoms with Gasteiger partial charge in [-0.05, 0) is 42.3 Å². The lowest BCUT2D eigenvalue weighted by molar-refractivity contribution is -0.137. The van der Waals surface area contributed by atoms with Crippen molar-refractivity contribution in [2.24, 2.45) is 5.10 Å². The Morgan fingerprint density at radius 2 is 1.96 bits per heavy atom. The lowest BCUT2D eigenvalue weighted by Gasteiger charge is -2.07. The van der Waals surface area contributed by atoms with E-state index in [9.17, 15) is 18.0 Å². The Labute approximate surface area is 137 Å². The molecule has 0 saturated carbocycles. The van der Waals surface area contributed by atoms with Gasteiger partial charge in [0.05, 0.1) is 11.8 Å². The largest absolute Gasteiger partial charge is 0.484 e. The van der Waals surface area contributed by atoms with Gasteiger partial charge < -0.3 is 4.74 Å².